The van der Waals surface area contributed by atoms with Crippen LogP contribution in [0.25, 0.3) is 11.0 Å². The summed E-state index contributed by atoms with van der Waals surface area (Å²) in [4.78, 5) is 2.41. The van der Waals surface area contributed by atoms with Crippen molar-refractivity contribution in [2.45, 2.75) is 38.5 Å². The predicted molar refractivity (Wildman–Crippen MR) is 78.6 cm³/mol. The molecule has 1 spiro atoms. The van der Waals surface area contributed by atoms with Gasteiger partial charge < -0.3 is 10.6 Å². The Morgan fingerprint density at radius 3 is 2.45 bits per heavy atom. The van der Waals surface area contributed by atoms with E-state index in [1.807, 2.05) is 6.07 Å². The predicted octanol–water partition coefficient (Wildman–Crippen LogP) is 2.97. The summed E-state index contributed by atoms with van der Waals surface area (Å²) in [5, 5.41) is 7.94. The molecule has 106 valence electrons. The Kier molecular flexibility index (Phi) is 2.62. The molecule has 0 unspecified atom stereocenters. The van der Waals surface area contributed by atoms with Crippen molar-refractivity contribution in [3.63, 3.8) is 0 Å². The molecule has 0 bridgehead atoms. The second-order valence-electron chi connectivity index (χ2n) is 6.33. The van der Waals surface area contributed by atoms with E-state index in [2.05, 4.69) is 21.3 Å². The minimum absolute atomic E-state index is 0.630. The summed E-state index contributed by atoms with van der Waals surface area (Å²) < 4.78 is 4.86. The molecule has 1 saturated heterocycles. The van der Waals surface area contributed by atoms with Crippen LogP contribution in [0.2, 0.25) is 0 Å². The van der Waals surface area contributed by atoms with Crippen LogP contribution in [0.1, 0.15) is 38.5 Å². The number of rotatable bonds is 1. The van der Waals surface area contributed by atoms with Gasteiger partial charge in [0.1, 0.15) is 0 Å². The molecular weight excluding hydrogens is 252 g/mol. The van der Waals surface area contributed by atoms with E-state index in [0.29, 0.717) is 16.6 Å². The van der Waals surface area contributed by atoms with Crippen molar-refractivity contribution in [1.29, 1.82) is 0 Å². The second kappa shape index (κ2) is 4.36. The van der Waals surface area contributed by atoms with Gasteiger partial charge in [-0.2, -0.15) is 0 Å². The van der Waals surface area contributed by atoms with Gasteiger partial charge in [0, 0.05) is 13.1 Å². The van der Waals surface area contributed by atoms with E-state index in [0.717, 1.165) is 24.3 Å². The molecular formula is C15H20N4O. The molecule has 0 amide bonds. The molecule has 2 heterocycles. The van der Waals surface area contributed by atoms with Gasteiger partial charge in [-0.1, -0.05) is 12.8 Å². The Morgan fingerprint density at radius 1 is 1.00 bits per heavy atom. The molecule has 1 aromatic carbocycles. The van der Waals surface area contributed by atoms with Crippen molar-refractivity contribution < 1.29 is 4.63 Å². The van der Waals surface area contributed by atoms with Gasteiger partial charge in [-0.25, -0.2) is 4.63 Å². The third-order valence-corrected chi connectivity index (χ3v) is 5.25. The Labute approximate surface area is 118 Å². The number of aromatic nitrogens is 2. The van der Waals surface area contributed by atoms with E-state index in [1.54, 1.807) is 0 Å². The summed E-state index contributed by atoms with van der Waals surface area (Å²) in [6.45, 7) is 2.21. The van der Waals surface area contributed by atoms with Gasteiger partial charge in [-0.15, -0.1) is 0 Å². The van der Waals surface area contributed by atoms with Crippen LogP contribution in [0.5, 0.6) is 0 Å². The van der Waals surface area contributed by atoms with Crippen LogP contribution in [0.15, 0.2) is 16.8 Å². The van der Waals surface area contributed by atoms with E-state index in [1.165, 1.54) is 38.5 Å². The standard InChI is InChI=1S/C15H20N4O/c16-11-3-4-12(14-13(11)17-20-18-14)19-9-7-15(8-10-19)5-1-2-6-15/h3-4H,1-2,5-10,16H2. The summed E-state index contributed by atoms with van der Waals surface area (Å²) in [7, 11) is 0. The second-order valence-corrected chi connectivity index (χ2v) is 6.33. The number of nitrogen functional groups attached to an aromatic ring is 1. The lowest BCUT2D eigenvalue weighted by molar-refractivity contribution is 0.226. The van der Waals surface area contributed by atoms with Crippen molar-refractivity contribution >= 4 is 22.4 Å². The summed E-state index contributed by atoms with van der Waals surface area (Å²) >= 11 is 0. The van der Waals surface area contributed by atoms with Gasteiger partial charge in [0.2, 0.25) is 0 Å². The third kappa shape index (κ3) is 1.76. The molecule has 1 saturated carbocycles. The summed E-state index contributed by atoms with van der Waals surface area (Å²) in [5.41, 5.74) is 9.77. The summed E-state index contributed by atoms with van der Waals surface area (Å²) in [6.07, 6.45) is 8.26. The van der Waals surface area contributed by atoms with Crippen molar-refractivity contribution in [3.8, 4) is 0 Å². The Bertz CT molecular complexity index is 620. The molecule has 2 fully saturated rings. The highest BCUT2D eigenvalue weighted by Gasteiger charge is 2.37. The first kappa shape index (κ1) is 12.0. The third-order valence-electron chi connectivity index (χ3n) is 5.25. The summed E-state index contributed by atoms with van der Waals surface area (Å²) in [6, 6.07) is 3.95. The molecule has 5 nitrogen and oxygen atoms in total. The maximum Gasteiger partial charge on any atom is 0.160 e. The Balaban J connectivity index is 1.61. The average molecular weight is 272 g/mol. The van der Waals surface area contributed by atoms with Crippen LogP contribution in [-0.4, -0.2) is 23.4 Å². The maximum atomic E-state index is 5.91. The number of hydrogen-bond acceptors (Lipinski definition) is 5. The number of anilines is 2. The van der Waals surface area contributed by atoms with Crippen LogP contribution in [0, 0.1) is 5.41 Å². The van der Waals surface area contributed by atoms with Gasteiger partial charge in [-0.3, -0.25) is 0 Å². The number of benzene rings is 1. The lowest BCUT2D eigenvalue weighted by Gasteiger charge is -2.40. The number of fused-ring (bicyclic) bond motifs is 1. The normalized spacial score (nSPS) is 21.9. The van der Waals surface area contributed by atoms with E-state index in [4.69, 9.17) is 10.4 Å². The highest BCUT2D eigenvalue weighted by molar-refractivity contribution is 5.95. The fourth-order valence-corrected chi connectivity index (χ4v) is 3.97. The number of nitrogens with zero attached hydrogens (tertiary/aromatic N) is 3. The van der Waals surface area contributed by atoms with E-state index in [-0.39, 0.29) is 0 Å². The molecule has 2 aliphatic rings. The van der Waals surface area contributed by atoms with Crippen LogP contribution in [-0.2, 0) is 0 Å². The van der Waals surface area contributed by atoms with Crippen LogP contribution in [0.4, 0.5) is 11.4 Å². The molecule has 1 aromatic heterocycles. The van der Waals surface area contributed by atoms with Crippen molar-refractivity contribution in [2.24, 2.45) is 5.41 Å². The topological polar surface area (TPSA) is 68.2 Å². The van der Waals surface area contributed by atoms with E-state index >= 15 is 0 Å². The highest BCUT2D eigenvalue weighted by atomic mass is 16.6. The van der Waals surface area contributed by atoms with E-state index < -0.39 is 0 Å². The average Bonchev–Trinajstić information content (AvgIpc) is 3.11. The fourth-order valence-electron chi connectivity index (χ4n) is 3.97. The molecule has 20 heavy (non-hydrogen) atoms. The first-order valence-electron chi connectivity index (χ1n) is 7.53. The minimum Gasteiger partial charge on any atom is -0.397 e. The van der Waals surface area contributed by atoms with Crippen LogP contribution >= 0.6 is 0 Å². The quantitative estimate of drug-likeness (QED) is 0.808. The first-order chi connectivity index (χ1) is 9.77. The monoisotopic (exact) mass is 272 g/mol. The Morgan fingerprint density at radius 2 is 1.70 bits per heavy atom. The number of piperidine rings is 1. The zero-order valence-corrected chi connectivity index (χ0v) is 11.6. The minimum atomic E-state index is 0.630. The van der Waals surface area contributed by atoms with Crippen molar-refractivity contribution in [1.82, 2.24) is 10.3 Å². The molecule has 5 heteroatoms. The number of nitrogens with two attached hydrogens (primary N) is 1. The zero-order chi connectivity index (χ0) is 13.6. The van der Waals surface area contributed by atoms with Gasteiger partial charge in [0.05, 0.1) is 11.4 Å². The first-order valence-corrected chi connectivity index (χ1v) is 7.53. The Hall–Kier alpha value is -1.78. The van der Waals surface area contributed by atoms with E-state index in [9.17, 15) is 0 Å². The molecule has 1 aliphatic carbocycles. The molecule has 1 aliphatic heterocycles. The molecule has 0 radical (unpaired) electrons. The number of hydrogen-bond donors (Lipinski definition) is 1. The fraction of sp³-hybridized carbons (Fsp3) is 0.600. The largest absolute Gasteiger partial charge is 0.397 e. The van der Waals surface area contributed by atoms with Crippen molar-refractivity contribution in [2.75, 3.05) is 23.7 Å². The van der Waals surface area contributed by atoms with Crippen LogP contribution < -0.4 is 10.6 Å². The van der Waals surface area contributed by atoms with Gasteiger partial charge in [0.25, 0.3) is 0 Å². The maximum absolute atomic E-state index is 5.91. The van der Waals surface area contributed by atoms with Gasteiger partial charge in [-0.05, 0) is 53.5 Å². The smallest absolute Gasteiger partial charge is 0.160 e. The molecule has 0 atom stereocenters. The van der Waals surface area contributed by atoms with Gasteiger partial charge in [0.15, 0.2) is 11.0 Å². The molecule has 2 aromatic rings. The summed E-state index contributed by atoms with van der Waals surface area (Å²) in [5.74, 6) is 0. The zero-order valence-electron chi connectivity index (χ0n) is 11.6. The van der Waals surface area contributed by atoms with Crippen molar-refractivity contribution in [3.05, 3.63) is 12.1 Å². The lowest BCUT2D eigenvalue weighted by atomic mass is 9.77. The molecule has 2 N–H and O–H groups in total. The van der Waals surface area contributed by atoms with Gasteiger partial charge >= 0.3 is 0 Å². The lowest BCUT2D eigenvalue weighted by Crippen LogP contribution is -2.38. The highest BCUT2D eigenvalue weighted by Crippen LogP contribution is 2.47. The SMILES string of the molecule is Nc1ccc(N2CCC3(CCCC3)CC2)c2nonc12. The van der Waals surface area contributed by atoms with Crippen LogP contribution in [0.3, 0.4) is 0 Å². The molecule has 4 rings (SSSR count).